The zero-order valence-corrected chi connectivity index (χ0v) is 10.5. The monoisotopic (exact) mass is 241 g/mol. The fourth-order valence-corrected chi connectivity index (χ4v) is 1.84. The number of nitrogens with two attached hydrogens (primary N) is 1. The third-order valence-corrected chi connectivity index (χ3v) is 2.82. The van der Waals surface area contributed by atoms with E-state index in [1.807, 2.05) is 13.0 Å². The third-order valence-electron chi connectivity index (χ3n) is 2.00. The van der Waals surface area contributed by atoms with Crippen molar-refractivity contribution >= 4 is 34.8 Å². The molecule has 0 aliphatic carbocycles. The number of thioether (sulfide) groups is 1. The van der Waals surface area contributed by atoms with Crippen LogP contribution in [0.25, 0.3) is 0 Å². The predicted molar refractivity (Wildman–Crippen MR) is 71.7 cm³/mol. The van der Waals surface area contributed by atoms with Crippen LogP contribution in [-0.4, -0.2) is 28.5 Å². The minimum atomic E-state index is 0.396. The molecular weight excluding hydrogens is 226 g/mol. The fourth-order valence-electron chi connectivity index (χ4n) is 1.27. The highest BCUT2D eigenvalue weighted by atomic mass is 32.2. The molecule has 0 bridgehead atoms. The Balaban J connectivity index is 2.86. The number of aromatic nitrogens is 1. The highest BCUT2D eigenvalue weighted by Gasteiger charge is 2.08. The van der Waals surface area contributed by atoms with Crippen molar-refractivity contribution in [2.75, 3.05) is 23.9 Å². The summed E-state index contributed by atoms with van der Waals surface area (Å²) in [6.07, 6.45) is 3.83. The number of hydrogen-bond donors (Lipinski definition) is 2. The molecule has 1 heterocycles. The minimum Gasteiger partial charge on any atom is -0.389 e. The van der Waals surface area contributed by atoms with E-state index in [9.17, 15) is 0 Å². The van der Waals surface area contributed by atoms with E-state index in [4.69, 9.17) is 18.0 Å². The quantitative estimate of drug-likeness (QED) is 0.608. The second kappa shape index (κ2) is 5.92. The Bertz CT molecular complexity index is 353. The average molecular weight is 241 g/mol. The van der Waals surface area contributed by atoms with Crippen molar-refractivity contribution in [2.24, 2.45) is 5.73 Å². The standard InChI is InChI=1S/C10H15N3S2/c1-7-3-4-12-10(8(7)9(11)14)13-5-6-15-2/h3-4H,5-6H2,1-2H3,(H2,11,14)(H,12,13). The van der Waals surface area contributed by atoms with Gasteiger partial charge in [-0.05, 0) is 24.8 Å². The van der Waals surface area contributed by atoms with Crippen LogP contribution in [0.2, 0.25) is 0 Å². The van der Waals surface area contributed by atoms with Crippen LogP contribution >= 0.6 is 24.0 Å². The van der Waals surface area contributed by atoms with Gasteiger partial charge < -0.3 is 11.1 Å². The van der Waals surface area contributed by atoms with Crippen molar-refractivity contribution in [3.63, 3.8) is 0 Å². The summed E-state index contributed by atoms with van der Waals surface area (Å²) >= 11 is 6.79. The Kier molecular flexibility index (Phi) is 4.84. The average Bonchev–Trinajstić information content (AvgIpc) is 2.17. The van der Waals surface area contributed by atoms with E-state index in [0.29, 0.717) is 4.99 Å². The zero-order valence-electron chi connectivity index (χ0n) is 8.91. The van der Waals surface area contributed by atoms with Gasteiger partial charge in [0, 0.05) is 18.5 Å². The molecule has 0 spiro atoms. The Morgan fingerprint density at radius 2 is 2.40 bits per heavy atom. The van der Waals surface area contributed by atoms with Gasteiger partial charge in [0.15, 0.2) is 0 Å². The first-order valence-electron chi connectivity index (χ1n) is 4.65. The molecule has 0 saturated heterocycles. The van der Waals surface area contributed by atoms with Crippen molar-refractivity contribution in [1.82, 2.24) is 4.98 Å². The lowest BCUT2D eigenvalue weighted by Crippen LogP contribution is -2.17. The summed E-state index contributed by atoms with van der Waals surface area (Å²) in [7, 11) is 0. The first kappa shape index (κ1) is 12.3. The van der Waals surface area contributed by atoms with Crippen molar-refractivity contribution in [2.45, 2.75) is 6.92 Å². The molecular formula is C10H15N3S2. The first-order chi connectivity index (χ1) is 7.16. The lowest BCUT2D eigenvalue weighted by atomic mass is 10.1. The second-order valence-electron chi connectivity index (χ2n) is 3.14. The topological polar surface area (TPSA) is 50.9 Å². The Morgan fingerprint density at radius 3 is 3.00 bits per heavy atom. The van der Waals surface area contributed by atoms with Crippen LogP contribution in [0.4, 0.5) is 5.82 Å². The maximum Gasteiger partial charge on any atom is 0.136 e. The summed E-state index contributed by atoms with van der Waals surface area (Å²) in [6, 6.07) is 1.91. The number of anilines is 1. The normalized spacial score (nSPS) is 10.0. The molecule has 0 amide bonds. The van der Waals surface area contributed by atoms with E-state index >= 15 is 0 Å². The number of hydrogen-bond acceptors (Lipinski definition) is 4. The highest BCUT2D eigenvalue weighted by Crippen LogP contribution is 2.16. The second-order valence-corrected chi connectivity index (χ2v) is 4.56. The van der Waals surface area contributed by atoms with Crippen LogP contribution in [0.3, 0.4) is 0 Å². The highest BCUT2D eigenvalue weighted by molar-refractivity contribution is 7.98. The van der Waals surface area contributed by atoms with E-state index < -0.39 is 0 Å². The van der Waals surface area contributed by atoms with Crippen LogP contribution in [0.5, 0.6) is 0 Å². The molecule has 82 valence electrons. The molecule has 0 unspecified atom stereocenters. The van der Waals surface area contributed by atoms with Gasteiger partial charge in [0.2, 0.25) is 0 Å². The van der Waals surface area contributed by atoms with Crippen LogP contribution in [0.15, 0.2) is 12.3 Å². The van der Waals surface area contributed by atoms with Gasteiger partial charge >= 0.3 is 0 Å². The SMILES string of the molecule is CSCCNc1nccc(C)c1C(N)=S. The van der Waals surface area contributed by atoms with Crippen molar-refractivity contribution in [3.8, 4) is 0 Å². The minimum absolute atomic E-state index is 0.396. The number of rotatable bonds is 5. The van der Waals surface area contributed by atoms with Gasteiger partial charge in [-0.15, -0.1) is 0 Å². The van der Waals surface area contributed by atoms with Gasteiger partial charge in [0.1, 0.15) is 10.8 Å². The molecule has 5 heteroatoms. The van der Waals surface area contributed by atoms with Gasteiger partial charge in [-0.3, -0.25) is 0 Å². The van der Waals surface area contributed by atoms with Gasteiger partial charge in [0.05, 0.1) is 5.56 Å². The van der Waals surface area contributed by atoms with E-state index in [1.54, 1.807) is 18.0 Å². The number of aryl methyl sites for hydroxylation is 1. The van der Waals surface area contributed by atoms with Crippen LogP contribution in [-0.2, 0) is 0 Å². The van der Waals surface area contributed by atoms with Crippen LogP contribution < -0.4 is 11.1 Å². The molecule has 0 fully saturated rings. The molecule has 0 saturated carbocycles. The Morgan fingerprint density at radius 1 is 1.67 bits per heavy atom. The molecule has 1 aromatic heterocycles. The largest absolute Gasteiger partial charge is 0.389 e. The van der Waals surface area contributed by atoms with E-state index in [2.05, 4.69) is 16.6 Å². The predicted octanol–water partition coefficient (Wildman–Crippen LogP) is 1.80. The van der Waals surface area contributed by atoms with Crippen molar-refractivity contribution in [1.29, 1.82) is 0 Å². The van der Waals surface area contributed by atoms with Crippen molar-refractivity contribution < 1.29 is 0 Å². The summed E-state index contributed by atoms with van der Waals surface area (Å²) in [4.78, 5) is 4.64. The lowest BCUT2D eigenvalue weighted by Gasteiger charge is -2.11. The third kappa shape index (κ3) is 3.35. The van der Waals surface area contributed by atoms with Crippen LogP contribution in [0.1, 0.15) is 11.1 Å². The molecule has 0 aromatic carbocycles. The molecule has 15 heavy (non-hydrogen) atoms. The van der Waals surface area contributed by atoms with E-state index in [-0.39, 0.29) is 0 Å². The lowest BCUT2D eigenvalue weighted by molar-refractivity contribution is 1.15. The van der Waals surface area contributed by atoms with E-state index in [0.717, 1.165) is 29.2 Å². The maximum absolute atomic E-state index is 5.67. The summed E-state index contributed by atoms with van der Waals surface area (Å²) in [5.74, 6) is 1.82. The molecule has 1 rings (SSSR count). The molecule has 0 aliphatic heterocycles. The van der Waals surface area contributed by atoms with Crippen molar-refractivity contribution in [3.05, 3.63) is 23.4 Å². The van der Waals surface area contributed by atoms with Gasteiger partial charge in [-0.25, -0.2) is 4.98 Å². The molecule has 0 radical (unpaired) electrons. The number of nitrogens with zero attached hydrogens (tertiary/aromatic N) is 1. The fraction of sp³-hybridized carbons (Fsp3) is 0.400. The Hall–Kier alpha value is -0.810. The number of pyridine rings is 1. The first-order valence-corrected chi connectivity index (χ1v) is 6.45. The molecule has 3 nitrogen and oxygen atoms in total. The van der Waals surface area contributed by atoms with Gasteiger partial charge in [-0.1, -0.05) is 12.2 Å². The van der Waals surface area contributed by atoms with Crippen LogP contribution in [0, 0.1) is 6.92 Å². The number of thiocarbonyl (C=S) groups is 1. The summed E-state index contributed by atoms with van der Waals surface area (Å²) < 4.78 is 0. The summed E-state index contributed by atoms with van der Waals surface area (Å²) in [6.45, 7) is 2.85. The summed E-state index contributed by atoms with van der Waals surface area (Å²) in [5, 5.41) is 3.24. The smallest absolute Gasteiger partial charge is 0.136 e. The zero-order chi connectivity index (χ0) is 11.3. The van der Waals surface area contributed by atoms with E-state index in [1.165, 1.54) is 0 Å². The molecule has 3 N–H and O–H groups in total. The number of nitrogens with one attached hydrogen (secondary N) is 1. The molecule has 1 aromatic rings. The maximum atomic E-state index is 5.67. The van der Waals surface area contributed by atoms with Gasteiger partial charge in [-0.2, -0.15) is 11.8 Å². The van der Waals surface area contributed by atoms with Gasteiger partial charge in [0.25, 0.3) is 0 Å². The molecule has 0 atom stereocenters. The molecule has 0 aliphatic rings. The summed E-state index contributed by atoms with van der Waals surface area (Å²) in [5.41, 5.74) is 7.58. The Labute approximate surface area is 99.8 Å².